The van der Waals surface area contributed by atoms with Crippen molar-refractivity contribution >= 4 is 0 Å². The molecule has 2 heterocycles. The van der Waals surface area contributed by atoms with E-state index in [4.69, 9.17) is 9.47 Å². The van der Waals surface area contributed by atoms with Gasteiger partial charge in [-0.25, -0.2) is 0 Å². The van der Waals surface area contributed by atoms with Crippen molar-refractivity contribution in [1.29, 1.82) is 0 Å². The first-order valence-electron chi connectivity index (χ1n) is 7.31. The lowest BCUT2D eigenvalue weighted by molar-refractivity contribution is -0.0750. The molecule has 1 aromatic carbocycles. The highest BCUT2D eigenvalue weighted by molar-refractivity contribution is 5.27. The van der Waals surface area contributed by atoms with E-state index in [1.54, 1.807) is 0 Å². The molecule has 104 valence electrons. The molecule has 0 aromatic heterocycles. The van der Waals surface area contributed by atoms with Crippen molar-refractivity contribution in [3.63, 3.8) is 0 Å². The van der Waals surface area contributed by atoms with Gasteiger partial charge in [0.05, 0.1) is 25.4 Å². The van der Waals surface area contributed by atoms with Gasteiger partial charge < -0.3 is 9.47 Å². The van der Waals surface area contributed by atoms with E-state index in [1.807, 2.05) is 0 Å². The maximum Gasteiger partial charge on any atom is 0.0704 e. The Morgan fingerprint density at radius 2 is 1.84 bits per heavy atom. The first kappa shape index (κ1) is 13.1. The Kier molecular flexibility index (Phi) is 3.87. The molecule has 3 nitrogen and oxygen atoms in total. The van der Waals surface area contributed by atoms with Crippen LogP contribution in [0.25, 0.3) is 0 Å². The average molecular weight is 261 g/mol. The van der Waals surface area contributed by atoms with Gasteiger partial charge in [-0.05, 0) is 24.0 Å². The first-order valence-corrected chi connectivity index (χ1v) is 7.31. The van der Waals surface area contributed by atoms with Gasteiger partial charge in [0.25, 0.3) is 0 Å². The first-order chi connectivity index (χ1) is 9.34. The third-order valence-corrected chi connectivity index (χ3v) is 4.49. The van der Waals surface area contributed by atoms with E-state index in [0.29, 0.717) is 0 Å². The second kappa shape index (κ2) is 5.61. The van der Waals surface area contributed by atoms with Crippen molar-refractivity contribution < 1.29 is 9.47 Å². The highest BCUT2D eigenvalue weighted by Gasteiger charge is 2.42. The molecule has 2 aliphatic rings. The van der Waals surface area contributed by atoms with Crippen LogP contribution in [0.3, 0.4) is 0 Å². The molecule has 1 spiro atoms. The fourth-order valence-corrected chi connectivity index (χ4v) is 3.23. The van der Waals surface area contributed by atoms with Crippen molar-refractivity contribution in [2.24, 2.45) is 0 Å². The van der Waals surface area contributed by atoms with E-state index >= 15 is 0 Å². The van der Waals surface area contributed by atoms with Gasteiger partial charge in [-0.2, -0.15) is 0 Å². The molecule has 1 atom stereocenters. The standard InChI is InChI=1S/C16H23NO2/c1-2-14-5-3-4-6-15(14)11-17-8-10-19-13-16(17)7-9-18-12-16/h3-6H,2,7-13H2,1H3. The second-order valence-corrected chi connectivity index (χ2v) is 5.62. The number of hydrogen-bond acceptors (Lipinski definition) is 3. The smallest absolute Gasteiger partial charge is 0.0704 e. The van der Waals surface area contributed by atoms with Crippen LogP contribution in [0.4, 0.5) is 0 Å². The molecular formula is C16H23NO2. The van der Waals surface area contributed by atoms with E-state index in [0.717, 1.165) is 52.4 Å². The molecule has 2 saturated heterocycles. The Labute approximate surface area is 115 Å². The maximum atomic E-state index is 5.71. The zero-order valence-corrected chi connectivity index (χ0v) is 11.7. The van der Waals surface area contributed by atoms with E-state index in [9.17, 15) is 0 Å². The lowest BCUT2D eigenvalue weighted by Gasteiger charge is -2.43. The van der Waals surface area contributed by atoms with Crippen LogP contribution in [0.1, 0.15) is 24.5 Å². The summed E-state index contributed by atoms with van der Waals surface area (Å²) >= 11 is 0. The van der Waals surface area contributed by atoms with Crippen LogP contribution in [0.15, 0.2) is 24.3 Å². The minimum absolute atomic E-state index is 0.124. The second-order valence-electron chi connectivity index (χ2n) is 5.62. The van der Waals surface area contributed by atoms with Crippen LogP contribution >= 0.6 is 0 Å². The summed E-state index contributed by atoms with van der Waals surface area (Å²) in [7, 11) is 0. The summed E-state index contributed by atoms with van der Waals surface area (Å²) in [6, 6.07) is 8.79. The number of morpholine rings is 1. The van der Waals surface area contributed by atoms with Crippen molar-refractivity contribution in [3.8, 4) is 0 Å². The molecule has 1 aromatic rings. The van der Waals surface area contributed by atoms with Crippen molar-refractivity contribution in [1.82, 2.24) is 4.90 Å². The predicted octanol–water partition coefficient (Wildman–Crippen LogP) is 2.24. The Hall–Kier alpha value is -0.900. The lowest BCUT2D eigenvalue weighted by atomic mass is 9.94. The maximum absolute atomic E-state index is 5.71. The highest BCUT2D eigenvalue weighted by Crippen LogP contribution is 2.31. The molecule has 1 unspecified atom stereocenters. The van der Waals surface area contributed by atoms with E-state index < -0.39 is 0 Å². The zero-order valence-electron chi connectivity index (χ0n) is 11.7. The molecule has 0 amide bonds. The van der Waals surface area contributed by atoms with Crippen molar-refractivity contribution in [3.05, 3.63) is 35.4 Å². The summed E-state index contributed by atoms with van der Waals surface area (Å²) in [6.07, 6.45) is 2.20. The molecule has 19 heavy (non-hydrogen) atoms. The molecule has 0 saturated carbocycles. The normalized spacial score (nSPS) is 28.1. The number of nitrogens with zero attached hydrogens (tertiary/aromatic N) is 1. The summed E-state index contributed by atoms with van der Waals surface area (Å²) in [4.78, 5) is 2.58. The summed E-state index contributed by atoms with van der Waals surface area (Å²) in [5.41, 5.74) is 3.04. The fourth-order valence-electron chi connectivity index (χ4n) is 3.23. The van der Waals surface area contributed by atoms with Crippen LogP contribution in [-0.2, 0) is 22.4 Å². The number of benzene rings is 1. The molecule has 0 bridgehead atoms. The molecule has 3 rings (SSSR count). The van der Waals surface area contributed by atoms with Crippen LogP contribution in [0.5, 0.6) is 0 Å². The van der Waals surface area contributed by atoms with Gasteiger partial charge in [-0.3, -0.25) is 4.90 Å². The Bertz CT molecular complexity index is 427. The molecule has 3 heteroatoms. The number of ether oxygens (including phenoxy) is 2. The number of hydrogen-bond donors (Lipinski definition) is 0. The Balaban J connectivity index is 1.80. The average Bonchev–Trinajstić information content (AvgIpc) is 2.91. The van der Waals surface area contributed by atoms with E-state index in [-0.39, 0.29) is 5.54 Å². The van der Waals surface area contributed by atoms with Gasteiger partial charge in [-0.15, -0.1) is 0 Å². The van der Waals surface area contributed by atoms with Crippen molar-refractivity contribution in [2.75, 3.05) is 33.0 Å². The van der Waals surface area contributed by atoms with Crippen LogP contribution in [0.2, 0.25) is 0 Å². The van der Waals surface area contributed by atoms with Crippen LogP contribution < -0.4 is 0 Å². The van der Waals surface area contributed by atoms with Gasteiger partial charge in [0.2, 0.25) is 0 Å². The summed E-state index contributed by atoms with van der Waals surface area (Å²) < 4.78 is 11.4. The highest BCUT2D eigenvalue weighted by atomic mass is 16.5. The molecule has 0 N–H and O–H groups in total. The monoisotopic (exact) mass is 261 g/mol. The van der Waals surface area contributed by atoms with Crippen LogP contribution in [0, 0.1) is 0 Å². The van der Waals surface area contributed by atoms with Crippen molar-refractivity contribution in [2.45, 2.75) is 31.8 Å². The molecule has 0 radical (unpaired) electrons. The number of aryl methyl sites for hydroxylation is 1. The topological polar surface area (TPSA) is 21.7 Å². The summed E-state index contributed by atoms with van der Waals surface area (Å²) in [6.45, 7) is 7.62. The minimum Gasteiger partial charge on any atom is -0.379 e. The summed E-state index contributed by atoms with van der Waals surface area (Å²) in [5, 5.41) is 0. The Morgan fingerprint density at radius 3 is 2.58 bits per heavy atom. The lowest BCUT2D eigenvalue weighted by Crippen LogP contribution is -2.57. The van der Waals surface area contributed by atoms with Gasteiger partial charge >= 0.3 is 0 Å². The van der Waals surface area contributed by atoms with Crippen LogP contribution in [-0.4, -0.2) is 43.4 Å². The molecular weight excluding hydrogens is 238 g/mol. The molecule has 0 aliphatic carbocycles. The fraction of sp³-hybridized carbons (Fsp3) is 0.625. The van der Waals surface area contributed by atoms with Gasteiger partial charge in [0.1, 0.15) is 0 Å². The quantitative estimate of drug-likeness (QED) is 0.833. The third-order valence-electron chi connectivity index (χ3n) is 4.49. The van der Waals surface area contributed by atoms with E-state index in [1.165, 1.54) is 11.1 Å². The summed E-state index contributed by atoms with van der Waals surface area (Å²) in [5.74, 6) is 0. The van der Waals surface area contributed by atoms with Gasteiger partial charge in [0, 0.05) is 19.7 Å². The Morgan fingerprint density at radius 1 is 1.11 bits per heavy atom. The number of rotatable bonds is 3. The predicted molar refractivity (Wildman–Crippen MR) is 75.2 cm³/mol. The van der Waals surface area contributed by atoms with Gasteiger partial charge in [0.15, 0.2) is 0 Å². The third kappa shape index (κ3) is 2.55. The minimum atomic E-state index is 0.124. The largest absolute Gasteiger partial charge is 0.379 e. The van der Waals surface area contributed by atoms with Gasteiger partial charge in [-0.1, -0.05) is 31.2 Å². The SMILES string of the molecule is CCc1ccccc1CN1CCOCC12CCOC2. The molecule has 2 fully saturated rings. The molecule has 2 aliphatic heterocycles. The zero-order chi connectivity index (χ0) is 13.1. The van der Waals surface area contributed by atoms with E-state index in [2.05, 4.69) is 36.1 Å².